The molecule has 1 aromatic heterocycles. The van der Waals surface area contributed by atoms with Gasteiger partial charge in [0.05, 0.1) is 19.1 Å². The number of allylic oxidation sites excluding steroid dienone is 3. The summed E-state index contributed by atoms with van der Waals surface area (Å²) in [5.74, 6) is 1.71. The second-order valence-corrected chi connectivity index (χ2v) is 10.3. The first-order valence-electron chi connectivity index (χ1n) is 12.4. The zero-order valence-electron chi connectivity index (χ0n) is 22.5. The molecular formula is C32H30N2O5S. The Morgan fingerprint density at radius 3 is 1.77 bits per heavy atom. The number of aryl methyl sites for hydroxylation is 1. The van der Waals surface area contributed by atoms with Gasteiger partial charge in [0.25, 0.3) is 0 Å². The molecule has 4 aromatic rings. The van der Waals surface area contributed by atoms with Crippen LogP contribution in [0, 0.1) is 6.92 Å². The molecule has 7 nitrogen and oxygen atoms in total. The highest BCUT2D eigenvalue weighted by atomic mass is 32.2. The Morgan fingerprint density at radius 2 is 1.27 bits per heavy atom. The van der Waals surface area contributed by atoms with Crippen molar-refractivity contribution < 1.29 is 27.0 Å². The maximum absolute atomic E-state index is 10.4. The van der Waals surface area contributed by atoms with Crippen LogP contribution in [0.5, 0.6) is 11.5 Å². The fraction of sp³-hybridized carbons (Fsp3) is 0.0938. The number of pyridine rings is 1. The summed E-state index contributed by atoms with van der Waals surface area (Å²) in [5.41, 5.74) is 5.42. The predicted octanol–water partition coefficient (Wildman–Crippen LogP) is 5.81. The zero-order chi connectivity index (χ0) is 28.5. The molecule has 0 N–H and O–H groups in total. The van der Waals surface area contributed by atoms with E-state index in [0.29, 0.717) is 0 Å². The van der Waals surface area contributed by atoms with Crippen molar-refractivity contribution in [2.45, 2.75) is 11.8 Å². The average molecular weight is 555 g/mol. The van der Waals surface area contributed by atoms with Gasteiger partial charge < -0.3 is 18.9 Å². The van der Waals surface area contributed by atoms with E-state index in [9.17, 15) is 13.0 Å². The van der Waals surface area contributed by atoms with Crippen molar-refractivity contribution in [3.05, 3.63) is 139 Å². The number of rotatable bonds is 6. The SMILES string of the molecule is COc1ccc(N2C=CC(=Cc3cc[n+](-c4ccc(OC)cc4)cc3)C=C2)cc1.Cc1ccc(S(=O)(=O)[O-])cc1. The molecule has 0 fully saturated rings. The Balaban J connectivity index is 0.000000283. The van der Waals surface area contributed by atoms with Crippen molar-refractivity contribution >= 4 is 21.9 Å². The molecule has 0 atom stereocenters. The van der Waals surface area contributed by atoms with Gasteiger partial charge in [-0.25, -0.2) is 8.42 Å². The minimum absolute atomic E-state index is 0.178. The predicted molar refractivity (Wildman–Crippen MR) is 155 cm³/mol. The highest BCUT2D eigenvalue weighted by molar-refractivity contribution is 7.85. The fourth-order valence-electron chi connectivity index (χ4n) is 3.82. The van der Waals surface area contributed by atoms with Crippen LogP contribution >= 0.6 is 0 Å². The van der Waals surface area contributed by atoms with Crippen LogP contribution < -0.4 is 18.9 Å². The van der Waals surface area contributed by atoms with Crippen molar-refractivity contribution in [1.82, 2.24) is 0 Å². The molecular weight excluding hydrogens is 524 g/mol. The van der Waals surface area contributed by atoms with Crippen molar-refractivity contribution in [2.75, 3.05) is 19.1 Å². The number of nitrogens with zero attached hydrogens (tertiary/aromatic N) is 2. The first-order chi connectivity index (χ1) is 19.2. The van der Waals surface area contributed by atoms with E-state index >= 15 is 0 Å². The van der Waals surface area contributed by atoms with E-state index in [4.69, 9.17) is 9.47 Å². The van der Waals surface area contributed by atoms with Crippen LogP contribution in [0.4, 0.5) is 5.69 Å². The highest BCUT2D eigenvalue weighted by Gasteiger charge is 2.07. The average Bonchev–Trinajstić information content (AvgIpc) is 2.98. The summed E-state index contributed by atoms with van der Waals surface area (Å²) in [6.07, 6.45) is 14.6. The van der Waals surface area contributed by atoms with E-state index in [2.05, 4.69) is 64.6 Å². The quantitative estimate of drug-likeness (QED) is 0.221. The number of hydrogen-bond donors (Lipinski definition) is 0. The van der Waals surface area contributed by atoms with Gasteiger partial charge in [0.2, 0.25) is 5.69 Å². The molecule has 1 aliphatic heterocycles. The summed E-state index contributed by atoms with van der Waals surface area (Å²) in [6.45, 7) is 1.82. The van der Waals surface area contributed by atoms with Crippen LogP contribution in [0.2, 0.25) is 0 Å². The largest absolute Gasteiger partial charge is 0.744 e. The number of aromatic nitrogens is 1. The van der Waals surface area contributed by atoms with Crippen molar-refractivity contribution in [1.29, 1.82) is 0 Å². The molecule has 5 rings (SSSR count). The Bertz CT molecular complexity index is 1590. The van der Waals surface area contributed by atoms with Gasteiger partial charge in [0.15, 0.2) is 12.4 Å². The molecule has 0 saturated heterocycles. The number of methoxy groups -OCH3 is 2. The first kappa shape index (κ1) is 28.4. The molecule has 2 heterocycles. The molecule has 0 saturated carbocycles. The van der Waals surface area contributed by atoms with Crippen LogP contribution in [-0.4, -0.2) is 27.2 Å². The van der Waals surface area contributed by atoms with Crippen LogP contribution in [0.3, 0.4) is 0 Å². The third-order valence-electron chi connectivity index (χ3n) is 6.09. The zero-order valence-corrected chi connectivity index (χ0v) is 23.3. The summed E-state index contributed by atoms with van der Waals surface area (Å²) in [7, 11) is -0.919. The monoisotopic (exact) mass is 554 g/mol. The molecule has 204 valence electrons. The highest BCUT2D eigenvalue weighted by Crippen LogP contribution is 2.23. The van der Waals surface area contributed by atoms with Gasteiger partial charge in [-0.05, 0) is 84.8 Å². The normalized spacial score (nSPS) is 12.4. The molecule has 8 heteroatoms. The Hall–Kier alpha value is -4.66. The summed E-state index contributed by atoms with van der Waals surface area (Å²) < 4.78 is 43.7. The molecule has 0 bridgehead atoms. The minimum Gasteiger partial charge on any atom is -0.744 e. The number of ether oxygens (including phenoxy) is 2. The minimum atomic E-state index is -4.27. The lowest BCUT2D eigenvalue weighted by atomic mass is 10.1. The lowest BCUT2D eigenvalue weighted by Crippen LogP contribution is -2.29. The van der Waals surface area contributed by atoms with Crippen molar-refractivity contribution in [3.63, 3.8) is 0 Å². The van der Waals surface area contributed by atoms with Crippen LogP contribution in [0.15, 0.2) is 132 Å². The van der Waals surface area contributed by atoms with E-state index in [0.717, 1.165) is 39.6 Å². The van der Waals surface area contributed by atoms with Crippen LogP contribution in [-0.2, 0) is 10.1 Å². The van der Waals surface area contributed by atoms with Crippen molar-refractivity contribution in [2.24, 2.45) is 0 Å². The van der Waals surface area contributed by atoms with Gasteiger partial charge in [0, 0.05) is 42.4 Å². The van der Waals surface area contributed by atoms with E-state index < -0.39 is 10.1 Å². The van der Waals surface area contributed by atoms with Gasteiger partial charge in [-0.2, -0.15) is 4.57 Å². The molecule has 0 aliphatic carbocycles. The topological polar surface area (TPSA) is 82.8 Å². The Labute approximate surface area is 235 Å². The standard InChI is InChI=1S/C25H23N2O2.C7H8O3S/c1-28-24-7-3-22(4-8-24)26-15-11-20(12-16-26)19-21-13-17-27(18-14-21)23-5-9-25(29-2)10-6-23;1-6-2-4-7(5-3-6)11(8,9)10/h3-19H,1-2H3;2-5H,1H3,(H,8,9,10)/q+1;/p-1. The second kappa shape index (κ2) is 12.9. The molecule has 1 aliphatic rings. The maximum Gasteiger partial charge on any atom is 0.210 e. The molecule has 40 heavy (non-hydrogen) atoms. The third-order valence-corrected chi connectivity index (χ3v) is 6.94. The van der Waals surface area contributed by atoms with Gasteiger partial charge in [-0.15, -0.1) is 0 Å². The molecule has 0 amide bonds. The number of benzene rings is 3. The van der Waals surface area contributed by atoms with Gasteiger partial charge in [-0.3, -0.25) is 0 Å². The van der Waals surface area contributed by atoms with E-state index in [1.165, 1.54) is 12.1 Å². The van der Waals surface area contributed by atoms with E-state index in [1.54, 1.807) is 26.4 Å². The summed E-state index contributed by atoms with van der Waals surface area (Å²) in [4.78, 5) is 1.91. The van der Waals surface area contributed by atoms with E-state index in [1.807, 2.05) is 55.5 Å². The molecule has 3 aromatic carbocycles. The lowest BCUT2D eigenvalue weighted by Gasteiger charge is -2.19. The molecule has 0 unspecified atom stereocenters. The lowest BCUT2D eigenvalue weighted by molar-refractivity contribution is -0.595. The van der Waals surface area contributed by atoms with Gasteiger partial charge in [-0.1, -0.05) is 17.7 Å². The summed E-state index contributed by atoms with van der Waals surface area (Å²) in [5, 5.41) is 0. The molecule has 0 spiro atoms. The number of hydrogen-bond acceptors (Lipinski definition) is 6. The summed E-state index contributed by atoms with van der Waals surface area (Å²) >= 11 is 0. The Kier molecular flexibility index (Phi) is 9.16. The van der Waals surface area contributed by atoms with E-state index in [-0.39, 0.29) is 4.90 Å². The van der Waals surface area contributed by atoms with Gasteiger partial charge in [0.1, 0.15) is 21.6 Å². The maximum atomic E-state index is 10.4. The van der Waals surface area contributed by atoms with Crippen molar-refractivity contribution in [3.8, 4) is 17.2 Å². The Morgan fingerprint density at radius 1 is 0.750 bits per heavy atom. The van der Waals surface area contributed by atoms with Crippen LogP contribution in [0.25, 0.3) is 11.8 Å². The molecule has 0 radical (unpaired) electrons. The van der Waals surface area contributed by atoms with Crippen LogP contribution in [0.1, 0.15) is 11.1 Å². The third kappa shape index (κ3) is 7.69. The fourth-order valence-corrected chi connectivity index (χ4v) is 4.29. The van der Waals surface area contributed by atoms with Gasteiger partial charge >= 0.3 is 0 Å². The second-order valence-electron chi connectivity index (χ2n) is 8.89. The first-order valence-corrected chi connectivity index (χ1v) is 13.8. The summed E-state index contributed by atoms with van der Waals surface area (Å²) in [6, 6.07) is 26.0. The number of anilines is 1. The smallest absolute Gasteiger partial charge is 0.210 e.